The summed E-state index contributed by atoms with van der Waals surface area (Å²) in [5.41, 5.74) is 0. The van der Waals surface area contributed by atoms with Crippen LogP contribution in [0.5, 0.6) is 0 Å². The molecular formula is C14H29. The molecule has 0 fully saturated rings. The molecule has 14 heavy (non-hydrogen) atoms. The van der Waals surface area contributed by atoms with Crippen molar-refractivity contribution < 1.29 is 0 Å². The largest absolute Gasteiger partial charge is 0.0654 e. The van der Waals surface area contributed by atoms with Crippen molar-refractivity contribution in [2.24, 2.45) is 11.8 Å². The maximum absolute atomic E-state index is 2.50. The molecule has 0 aromatic carbocycles. The minimum Gasteiger partial charge on any atom is -0.0654 e. The van der Waals surface area contributed by atoms with E-state index in [0.717, 1.165) is 11.8 Å². The van der Waals surface area contributed by atoms with Crippen molar-refractivity contribution in [3.05, 3.63) is 6.42 Å². The minimum absolute atomic E-state index is 0.916. The Balaban J connectivity index is 3.13. The molecule has 2 unspecified atom stereocenters. The highest BCUT2D eigenvalue weighted by molar-refractivity contribution is 4.68. The smallest absolute Gasteiger partial charge is 0.0386 e. The standard InChI is InChI=1S/C14H29/c1-5-10-14(4)12-9-7-8-11-13(3)6-2/h7,13-14H,5-6,8-12H2,1-4H3. The number of unbranched alkanes of at least 4 members (excludes halogenated alkanes) is 2. The third-order valence-corrected chi connectivity index (χ3v) is 3.21. The lowest BCUT2D eigenvalue weighted by Crippen LogP contribution is -1.95. The zero-order valence-electron chi connectivity index (χ0n) is 10.7. The van der Waals surface area contributed by atoms with Crippen molar-refractivity contribution in [3.8, 4) is 0 Å². The van der Waals surface area contributed by atoms with Gasteiger partial charge in [0.15, 0.2) is 0 Å². The van der Waals surface area contributed by atoms with Crippen LogP contribution in [0.25, 0.3) is 0 Å². The summed E-state index contributed by atoms with van der Waals surface area (Å²) < 4.78 is 0. The third-order valence-electron chi connectivity index (χ3n) is 3.21. The lowest BCUT2D eigenvalue weighted by Gasteiger charge is -2.10. The van der Waals surface area contributed by atoms with Crippen LogP contribution >= 0.6 is 0 Å². The summed E-state index contributed by atoms with van der Waals surface area (Å²) in [6, 6.07) is 0. The highest BCUT2D eigenvalue weighted by Crippen LogP contribution is 2.16. The normalized spacial score (nSPS) is 15.4. The summed E-state index contributed by atoms with van der Waals surface area (Å²) >= 11 is 0. The molecule has 0 spiro atoms. The van der Waals surface area contributed by atoms with Gasteiger partial charge in [0.25, 0.3) is 0 Å². The average molecular weight is 197 g/mol. The number of rotatable bonds is 9. The molecule has 0 aliphatic heterocycles. The van der Waals surface area contributed by atoms with E-state index in [1.807, 2.05) is 0 Å². The van der Waals surface area contributed by atoms with Crippen LogP contribution in [0.1, 0.15) is 72.6 Å². The van der Waals surface area contributed by atoms with Crippen LogP contribution < -0.4 is 0 Å². The van der Waals surface area contributed by atoms with E-state index in [1.165, 1.54) is 44.9 Å². The van der Waals surface area contributed by atoms with E-state index in [1.54, 1.807) is 0 Å². The van der Waals surface area contributed by atoms with E-state index < -0.39 is 0 Å². The maximum atomic E-state index is 2.50. The third kappa shape index (κ3) is 8.59. The van der Waals surface area contributed by atoms with Gasteiger partial charge in [0.2, 0.25) is 0 Å². The van der Waals surface area contributed by atoms with Gasteiger partial charge in [-0.1, -0.05) is 59.8 Å². The molecule has 85 valence electrons. The molecule has 0 aliphatic carbocycles. The highest BCUT2D eigenvalue weighted by atomic mass is 14.1. The average Bonchev–Trinajstić information content (AvgIpc) is 2.17. The van der Waals surface area contributed by atoms with Crippen LogP contribution in [0.15, 0.2) is 0 Å². The molecule has 0 N–H and O–H groups in total. The van der Waals surface area contributed by atoms with Gasteiger partial charge in [-0.2, -0.15) is 0 Å². The molecule has 0 nitrogen and oxygen atoms in total. The first-order valence-corrected chi connectivity index (χ1v) is 6.52. The van der Waals surface area contributed by atoms with E-state index in [0.29, 0.717) is 0 Å². The Morgan fingerprint density at radius 2 is 1.43 bits per heavy atom. The molecule has 1 radical (unpaired) electrons. The van der Waals surface area contributed by atoms with Gasteiger partial charge in [0.05, 0.1) is 0 Å². The summed E-state index contributed by atoms with van der Waals surface area (Å²) in [6.45, 7) is 9.30. The molecule has 0 aliphatic rings. The van der Waals surface area contributed by atoms with Crippen LogP contribution in [0.4, 0.5) is 0 Å². The van der Waals surface area contributed by atoms with E-state index in [9.17, 15) is 0 Å². The Morgan fingerprint density at radius 3 is 1.93 bits per heavy atom. The SMILES string of the molecule is CCCC(C)CC[CH]CCC(C)CC. The molecule has 0 saturated heterocycles. The summed E-state index contributed by atoms with van der Waals surface area (Å²) in [5.74, 6) is 1.85. The van der Waals surface area contributed by atoms with Crippen molar-refractivity contribution in [2.45, 2.75) is 72.6 Å². The highest BCUT2D eigenvalue weighted by Gasteiger charge is 2.01. The van der Waals surface area contributed by atoms with Crippen LogP contribution in [0, 0.1) is 18.3 Å². The number of hydrogen-bond donors (Lipinski definition) is 0. The van der Waals surface area contributed by atoms with Crippen molar-refractivity contribution in [1.29, 1.82) is 0 Å². The quantitative estimate of drug-likeness (QED) is 0.444. The van der Waals surface area contributed by atoms with Crippen LogP contribution in [0.3, 0.4) is 0 Å². The molecule has 0 aromatic heterocycles. The Bertz CT molecular complexity index is 107. The van der Waals surface area contributed by atoms with Crippen molar-refractivity contribution >= 4 is 0 Å². The molecule has 2 atom stereocenters. The molecule has 0 amide bonds. The lowest BCUT2D eigenvalue weighted by molar-refractivity contribution is 0.468. The first-order valence-electron chi connectivity index (χ1n) is 6.52. The fourth-order valence-electron chi connectivity index (χ4n) is 1.79. The lowest BCUT2D eigenvalue weighted by atomic mass is 9.96. The molecule has 0 heteroatoms. The van der Waals surface area contributed by atoms with Gasteiger partial charge < -0.3 is 0 Å². The fourth-order valence-corrected chi connectivity index (χ4v) is 1.79. The van der Waals surface area contributed by atoms with Crippen molar-refractivity contribution in [1.82, 2.24) is 0 Å². The van der Waals surface area contributed by atoms with Gasteiger partial charge in [-0.3, -0.25) is 0 Å². The zero-order chi connectivity index (χ0) is 10.8. The van der Waals surface area contributed by atoms with Crippen molar-refractivity contribution in [3.63, 3.8) is 0 Å². The Morgan fingerprint density at radius 1 is 0.857 bits per heavy atom. The van der Waals surface area contributed by atoms with Crippen LogP contribution in [-0.4, -0.2) is 0 Å². The van der Waals surface area contributed by atoms with Gasteiger partial charge >= 0.3 is 0 Å². The Labute approximate surface area is 91.5 Å². The Kier molecular flexibility index (Phi) is 9.55. The zero-order valence-corrected chi connectivity index (χ0v) is 10.7. The molecule has 0 rings (SSSR count). The van der Waals surface area contributed by atoms with Crippen molar-refractivity contribution in [2.75, 3.05) is 0 Å². The molecule has 0 bridgehead atoms. The summed E-state index contributed by atoms with van der Waals surface area (Å²) in [4.78, 5) is 0. The summed E-state index contributed by atoms with van der Waals surface area (Å²) in [6.07, 6.45) is 12.0. The molecule has 0 saturated carbocycles. The number of hydrogen-bond acceptors (Lipinski definition) is 0. The molecule has 0 heterocycles. The van der Waals surface area contributed by atoms with Gasteiger partial charge in [0.1, 0.15) is 0 Å². The van der Waals surface area contributed by atoms with E-state index in [2.05, 4.69) is 34.1 Å². The second-order valence-electron chi connectivity index (χ2n) is 4.85. The first-order chi connectivity index (χ1) is 6.70. The molecule has 0 aromatic rings. The maximum Gasteiger partial charge on any atom is -0.0386 e. The predicted octanol–water partition coefficient (Wildman–Crippen LogP) is 5.23. The second-order valence-corrected chi connectivity index (χ2v) is 4.85. The minimum atomic E-state index is 0.916. The Hall–Kier alpha value is 0. The van der Waals surface area contributed by atoms with Gasteiger partial charge in [-0.25, -0.2) is 0 Å². The fraction of sp³-hybridized carbons (Fsp3) is 0.929. The van der Waals surface area contributed by atoms with E-state index in [4.69, 9.17) is 0 Å². The predicted molar refractivity (Wildman–Crippen MR) is 66.3 cm³/mol. The summed E-state index contributed by atoms with van der Waals surface area (Å²) in [7, 11) is 0. The monoisotopic (exact) mass is 197 g/mol. The van der Waals surface area contributed by atoms with Gasteiger partial charge in [-0.15, -0.1) is 0 Å². The van der Waals surface area contributed by atoms with E-state index >= 15 is 0 Å². The first kappa shape index (κ1) is 14.0. The van der Waals surface area contributed by atoms with Gasteiger partial charge in [-0.05, 0) is 31.1 Å². The van der Waals surface area contributed by atoms with Gasteiger partial charge in [0, 0.05) is 0 Å². The summed E-state index contributed by atoms with van der Waals surface area (Å²) in [5, 5.41) is 0. The molecular weight excluding hydrogens is 168 g/mol. The van der Waals surface area contributed by atoms with Crippen LogP contribution in [0.2, 0.25) is 0 Å². The topological polar surface area (TPSA) is 0 Å². The van der Waals surface area contributed by atoms with Crippen LogP contribution in [-0.2, 0) is 0 Å². The second kappa shape index (κ2) is 9.55. The van der Waals surface area contributed by atoms with E-state index in [-0.39, 0.29) is 0 Å².